The van der Waals surface area contributed by atoms with E-state index in [1.165, 1.54) is 29.7 Å². The van der Waals surface area contributed by atoms with Crippen LogP contribution in [0.5, 0.6) is 0 Å². The van der Waals surface area contributed by atoms with E-state index in [4.69, 9.17) is 16.6 Å². The van der Waals surface area contributed by atoms with Crippen molar-refractivity contribution in [3.8, 4) is 11.3 Å². The average molecular weight is 521 g/mol. The molecule has 4 aromatic rings. The van der Waals surface area contributed by atoms with E-state index < -0.39 is 0 Å². The Kier molecular flexibility index (Phi) is 6.93. The van der Waals surface area contributed by atoms with Gasteiger partial charge in [0.1, 0.15) is 0 Å². The van der Waals surface area contributed by atoms with Gasteiger partial charge in [-0.05, 0) is 50.9 Å². The fourth-order valence-electron chi connectivity index (χ4n) is 5.40. The summed E-state index contributed by atoms with van der Waals surface area (Å²) in [5.74, 6) is 1.39. The Hall–Kier alpha value is -3.24. The third-order valence-electron chi connectivity index (χ3n) is 7.67. The highest BCUT2D eigenvalue weighted by Gasteiger charge is 2.28. The predicted octanol–water partition coefficient (Wildman–Crippen LogP) is 4.35. The Morgan fingerprint density at radius 3 is 2.30 bits per heavy atom. The van der Waals surface area contributed by atoms with Crippen molar-refractivity contribution < 1.29 is 0 Å². The lowest BCUT2D eigenvalue weighted by Crippen LogP contribution is -2.40. The lowest BCUT2D eigenvalue weighted by molar-refractivity contribution is 0.136. The zero-order valence-electron chi connectivity index (χ0n) is 21.1. The third kappa shape index (κ3) is 5.70. The molecule has 0 amide bonds. The molecule has 2 aliphatic carbocycles. The van der Waals surface area contributed by atoms with Crippen LogP contribution in [0.15, 0.2) is 37.2 Å². The van der Waals surface area contributed by atoms with Gasteiger partial charge in [0.25, 0.3) is 0 Å². The van der Waals surface area contributed by atoms with Gasteiger partial charge in [-0.25, -0.2) is 9.97 Å². The Labute approximate surface area is 221 Å². The molecule has 10 nitrogen and oxygen atoms in total. The molecular weight excluding hydrogens is 488 g/mol. The van der Waals surface area contributed by atoms with E-state index >= 15 is 0 Å². The highest BCUT2D eigenvalue weighted by molar-refractivity contribution is 6.32. The van der Waals surface area contributed by atoms with E-state index in [0.29, 0.717) is 23.1 Å². The van der Waals surface area contributed by atoms with E-state index in [1.54, 1.807) is 6.20 Å². The van der Waals surface area contributed by atoms with Crippen molar-refractivity contribution in [1.82, 2.24) is 45.0 Å². The Balaban J connectivity index is 1.11. The summed E-state index contributed by atoms with van der Waals surface area (Å²) in [7, 11) is 2.00. The van der Waals surface area contributed by atoms with Gasteiger partial charge in [-0.3, -0.25) is 19.8 Å². The summed E-state index contributed by atoms with van der Waals surface area (Å²) in [6.45, 7) is 1.73. The smallest absolute Gasteiger partial charge is 0.223 e. The Morgan fingerprint density at radius 2 is 1.68 bits per heavy atom. The van der Waals surface area contributed by atoms with Crippen LogP contribution in [0.3, 0.4) is 0 Å². The van der Waals surface area contributed by atoms with Gasteiger partial charge in [-0.15, -0.1) is 0 Å². The minimum atomic E-state index is 0.329. The lowest BCUT2D eigenvalue weighted by Gasteiger charge is -2.37. The van der Waals surface area contributed by atoms with Gasteiger partial charge in [0.05, 0.1) is 35.5 Å². The number of hydrogen-bond acceptors (Lipinski definition) is 7. The zero-order valence-corrected chi connectivity index (χ0v) is 21.8. The molecule has 0 radical (unpaired) electrons. The van der Waals surface area contributed by atoms with Crippen LogP contribution in [0.1, 0.15) is 55.3 Å². The molecule has 2 fully saturated rings. The van der Waals surface area contributed by atoms with Crippen LogP contribution in [0.2, 0.25) is 5.02 Å². The number of halogens is 1. The minimum absolute atomic E-state index is 0.329. The number of rotatable bonds is 10. The van der Waals surface area contributed by atoms with Crippen molar-refractivity contribution in [1.29, 1.82) is 0 Å². The monoisotopic (exact) mass is 520 g/mol. The molecule has 3 N–H and O–H groups in total. The summed E-state index contributed by atoms with van der Waals surface area (Å²) in [5, 5.41) is 22.8. The summed E-state index contributed by atoms with van der Waals surface area (Å²) < 4.78 is 1.96. The molecule has 194 valence electrons. The average Bonchev–Trinajstić information content (AvgIpc) is 3.24. The quantitative estimate of drug-likeness (QED) is 0.284. The standard InChI is InChI=1S/C26H33ClN10/c1-36-24(8-17-2-3-17)22(13-33-36)25-23(27)14-28-26(35-25)34-20-4-6-21(7-5-20)37(15-18-9-29-30-10-18)16-19-11-31-32-12-19/h9-14,17,20-21H,2-8,15-16H2,1H3,(H,29,30)(H,31,32)(H,28,34,35). The van der Waals surface area contributed by atoms with E-state index in [0.717, 1.165) is 62.4 Å². The first-order valence-electron chi connectivity index (χ1n) is 13.1. The minimum Gasteiger partial charge on any atom is -0.351 e. The molecule has 0 spiro atoms. The van der Waals surface area contributed by atoms with Crippen molar-refractivity contribution in [3.63, 3.8) is 0 Å². The van der Waals surface area contributed by atoms with Crippen molar-refractivity contribution in [2.24, 2.45) is 13.0 Å². The van der Waals surface area contributed by atoms with Gasteiger partial charge in [0.15, 0.2) is 0 Å². The van der Waals surface area contributed by atoms with Gasteiger partial charge < -0.3 is 5.32 Å². The highest BCUT2D eigenvalue weighted by atomic mass is 35.5. The first-order chi connectivity index (χ1) is 18.1. The van der Waals surface area contributed by atoms with Crippen molar-refractivity contribution in [2.75, 3.05) is 5.32 Å². The van der Waals surface area contributed by atoms with Crippen LogP contribution < -0.4 is 5.32 Å². The highest BCUT2D eigenvalue weighted by Crippen LogP contribution is 2.37. The van der Waals surface area contributed by atoms with E-state index in [-0.39, 0.29) is 0 Å². The van der Waals surface area contributed by atoms with E-state index in [1.807, 2.05) is 42.7 Å². The molecule has 11 heteroatoms. The summed E-state index contributed by atoms with van der Waals surface area (Å²) >= 11 is 6.57. The van der Waals surface area contributed by atoms with E-state index in [2.05, 4.69) is 40.7 Å². The zero-order chi connectivity index (χ0) is 25.2. The number of hydrogen-bond donors (Lipinski definition) is 3. The normalized spacial score (nSPS) is 20.0. The van der Waals surface area contributed by atoms with Gasteiger partial charge >= 0.3 is 0 Å². The van der Waals surface area contributed by atoms with Crippen LogP contribution in [0.4, 0.5) is 5.95 Å². The molecule has 4 aromatic heterocycles. The van der Waals surface area contributed by atoms with E-state index in [9.17, 15) is 0 Å². The summed E-state index contributed by atoms with van der Waals surface area (Å²) in [5.41, 5.74) is 5.38. The Morgan fingerprint density at radius 1 is 0.973 bits per heavy atom. The third-order valence-corrected chi connectivity index (χ3v) is 7.94. The van der Waals surface area contributed by atoms with Crippen molar-refractivity contribution in [2.45, 2.75) is 70.1 Å². The molecule has 0 aromatic carbocycles. The molecule has 6 rings (SSSR count). The molecule has 0 aliphatic heterocycles. The summed E-state index contributed by atoms with van der Waals surface area (Å²) in [6.07, 6.45) is 19.3. The maximum absolute atomic E-state index is 6.57. The largest absolute Gasteiger partial charge is 0.351 e. The van der Waals surface area contributed by atoms with Gasteiger partial charge in [-0.1, -0.05) is 11.6 Å². The Bertz CT molecular complexity index is 1250. The molecule has 37 heavy (non-hydrogen) atoms. The number of aromatic nitrogens is 8. The second-order valence-corrected chi connectivity index (χ2v) is 10.8. The predicted molar refractivity (Wildman–Crippen MR) is 142 cm³/mol. The SMILES string of the molecule is Cn1ncc(-c2nc(NC3CCC(N(Cc4cn[nH]c4)Cc4cn[nH]c4)CC3)ncc2Cl)c1CC1CC1. The molecule has 0 saturated heterocycles. The fraction of sp³-hybridized carbons (Fsp3) is 0.500. The number of aromatic amines is 2. The lowest BCUT2D eigenvalue weighted by atomic mass is 9.89. The number of aryl methyl sites for hydroxylation is 1. The number of anilines is 1. The summed E-state index contributed by atoms with van der Waals surface area (Å²) in [4.78, 5) is 11.9. The molecule has 0 bridgehead atoms. The number of H-pyrrole nitrogens is 2. The topological polar surface area (TPSA) is 116 Å². The van der Waals surface area contributed by atoms with Crippen LogP contribution >= 0.6 is 11.6 Å². The number of nitrogens with zero attached hydrogens (tertiary/aromatic N) is 7. The van der Waals surface area contributed by atoms with Crippen molar-refractivity contribution >= 4 is 17.5 Å². The molecular formula is C26H33ClN10. The summed E-state index contributed by atoms with van der Waals surface area (Å²) in [6, 6.07) is 0.819. The fourth-order valence-corrected chi connectivity index (χ4v) is 5.60. The molecule has 2 saturated carbocycles. The van der Waals surface area contributed by atoms with Crippen LogP contribution in [-0.4, -0.2) is 57.1 Å². The van der Waals surface area contributed by atoms with Crippen LogP contribution in [0, 0.1) is 5.92 Å². The van der Waals surface area contributed by atoms with Crippen molar-refractivity contribution in [3.05, 3.63) is 59.0 Å². The van der Waals surface area contributed by atoms with Gasteiger partial charge in [0, 0.05) is 67.0 Å². The number of nitrogens with one attached hydrogen (secondary N) is 3. The molecule has 4 heterocycles. The molecule has 0 unspecified atom stereocenters. The second kappa shape index (κ2) is 10.6. The first-order valence-corrected chi connectivity index (χ1v) is 13.5. The van der Waals surface area contributed by atoms with Crippen LogP contribution in [-0.2, 0) is 26.6 Å². The van der Waals surface area contributed by atoms with Gasteiger partial charge in [0.2, 0.25) is 5.95 Å². The first kappa shape index (κ1) is 24.1. The molecule has 2 aliphatic rings. The van der Waals surface area contributed by atoms with Crippen LogP contribution in [0.25, 0.3) is 11.3 Å². The second-order valence-electron chi connectivity index (χ2n) is 10.4. The molecule has 0 atom stereocenters. The maximum Gasteiger partial charge on any atom is 0.223 e. The maximum atomic E-state index is 6.57. The van der Waals surface area contributed by atoms with Gasteiger partial charge in [-0.2, -0.15) is 15.3 Å².